The highest BCUT2D eigenvalue weighted by Crippen LogP contribution is 2.46. The van der Waals surface area contributed by atoms with Gasteiger partial charge in [0.15, 0.2) is 0 Å². The average Bonchev–Trinajstić information content (AvgIpc) is 3.23. The van der Waals surface area contributed by atoms with Gasteiger partial charge in [-0.3, -0.25) is 0 Å². The molecule has 1 unspecified atom stereocenters. The highest BCUT2D eigenvalue weighted by atomic mass is 35.5. The Labute approximate surface area is 288 Å². The molecule has 1 fully saturated rings. The predicted octanol–water partition coefficient (Wildman–Crippen LogP) is 6.37. The molecule has 2 heterocycles. The van der Waals surface area contributed by atoms with Gasteiger partial charge in [-0.05, 0) is 111 Å². The SMILES string of the molecule is CC[C@H](CC[C@@H](O)/C=C/[C@@H]1CC[C@H]1CN1CC2(CCCc3cc(Cl)ccc32)COc2ccc(C(=O)OC)cc21)S(=O)(=O)c1ncccn1. The zero-order valence-corrected chi connectivity index (χ0v) is 29.1. The molecule has 1 spiro atoms. The van der Waals surface area contributed by atoms with Crippen molar-refractivity contribution in [3.8, 4) is 5.75 Å². The molecule has 0 saturated heterocycles. The number of benzene rings is 2. The second kappa shape index (κ2) is 14.6. The molecule has 0 amide bonds. The van der Waals surface area contributed by atoms with Gasteiger partial charge >= 0.3 is 5.97 Å². The third kappa shape index (κ3) is 7.12. The first-order chi connectivity index (χ1) is 23.1. The molecule has 3 aliphatic rings. The Hall–Kier alpha value is -3.47. The molecule has 48 heavy (non-hydrogen) atoms. The summed E-state index contributed by atoms with van der Waals surface area (Å²) in [5.74, 6) is 0.976. The monoisotopic (exact) mass is 693 g/mol. The van der Waals surface area contributed by atoms with Crippen molar-refractivity contribution in [1.82, 2.24) is 9.97 Å². The lowest BCUT2D eigenvalue weighted by Crippen LogP contribution is -2.48. The van der Waals surface area contributed by atoms with E-state index in [9.17, 15) is 18.3 Å². The number of aliphatic hydroxyl groups excluding tert-OH is 1. The van der Waals surface area contributed by atoms with Crippen molar-refractivity contribution in [2.24, 2.45) is 11.8 Å². The van der Waals surface area contributed by atoms with Crippen LogP contribution in [-0.4, -0.2) is 67.6 Å². The molecule has 256 valence electrons. The number of fused-ring (bicyclic) bond motifs is 3. The van der Waals surface area contributed by atoms with Gasteiger partial charge in [-0.1, -0.05) is 36.7 Å². The van der Waals surface area contributed by atoms with Crippen molar-refractivity contribution >= 4 is 33.1 Å². The summed E-state index contributed by atoms with van der Waals surface area (Å²) in [5.41, 5.74) is 3.69. The van der Waals surface area contributed by atoms with Crippen LogP contribution in [0.15, 0.2) is 72.2 Å². The maximum Gasteiger partial charge on any atom is 0.337 e. The van der Waals surface area contributed by atoms with Gasteiger partial charge < -0.3 is 19.5 Å². The zero-order valence-electron chi connectivity index (χ0n) is 27.6. The molecule has 5 atom stereocenters. The van der Waals surface area contributed by atoms with Crippen molar-refractivity contribution in [3.63, 3.8) is 0 Å². The predicted molar refractivity (Wildman–Crippen MR) is 185 cm³/mol. The number of hydrogen-bond donors (Lipinski definition) is 1. The number of anilines is 1. The number of carbonyl (C=O) groups is 1. The second-order valence-electron chi connectivity index (χ2n) is 13.4. The lowest BCUT2D eigenvalue weighted by Gasteiger charge is -2.44. The Morgan fingerprint density at radius 3 is 2.73 bits per heavy atom. The third-order valence-corrected chi connectivity index (χ3v) is 12.8. The van der Waals surface area contributed by atoms with Crippen LogP contribution in [0.3, 0.4) is 0 Å². The van der Waals surface area contributed by atoms with Gasteiger partial charge in [0, 0.05) is 35.9 Å². The molecule has 0 bridgehead atoms. The molecule has 3 aromatic rings. The summed E-state index contributed by atoms with van der Waals surface area (Å²) in [6, 6.07) is 13.3. The number of allylic oxidation sites excluding steroid dienone is 1. The molecule has 2 aromatic carbocycles. The van der Waals surface area contributed by atoms with Crippen molar-refractivity contribution in [2.45, 2.75) is 80.2 Å². The number of esters is 1. The highest BCUT2D eigenvalue weighted by Gasteiger charge is 2.43. The van der Waals surface area contributed by atoms with Crippen LogP contribution in [0.1, 0.15) is 73.4 Å². The quantitative estimate of drug-likeness (QED) is 0.139. The first-order valence-corrected chi connectivity index (χ1v) is 18.8. The number of carbonyl (C=O) groups excluding carboxylic acids is 1. The van der Waals surface area contributed by atoms with E-state index >= 15 is 0 Å². The van der Waals surface area contributed by atoms with Gasteiger partial charge in [-0.15, -0.1) is 0 Å². The largest absolute Gasteiger partial charge is 0.490 e. The van der Waals surface area contributed by atoms with Gasteiger partial charge in [0.05, 0.1) is 36.3 Å². The number of hydrogen-bond acceptors (Lipinski definition) is 9. The molecule has 6 rings (SSSR count). The molecule has 9 nitrogen and oxygen atoms in total. The van der Waals surface area contributed by atoms with E-state index < -0.39 is 21.2 Å². The van der Waals surface area contributed by atoms with E-state index in [0.29, 0.717) is 37.4 Å². The normalized spacial score (nSPS) is 23.4. The molecule has 11 heteroatoms. The van der Waals surface area contributed by atoms with E-state index in [1.165, 1.54) is 30.6 Å². The minimum absolute atomic E-state index is 0.166. The molecule has 1 aliphatic heterocycles. The van der Waals surface area contributed by atoms with Gasteiger partial charge in [0.1, 0.15) is 5.75 Å². The maximum atomic E-state index is 13.0. The van der Waals surface area contributed by atoms with Crippen LogP contribution in [0.5, 0.6) is 5.75 Å². The maximum absolute atomic E-state index is 13.0. The summed E-state index contributed by atoms with van der Waals surface area (Å²) in [6.45, 7) is 3.88. The number of rotatable bonds is 11. The van der Waals surface area contributed by atoms with E-state index in [2.05, 4.69) is 33.1 Å². The van der Waals surface area contributed by atoms with Crippen LogP contribution < -0.4 is 9.64 Å². The average molecular weight is 694 g/mol. The van der Waals surface area contributed by atoms with E-state index in [-0.39, 0.29) is 22.5 Å². The van der Waals surface area contributed by atoms with Crippen LogP contribution in [0.25, 0.3) is 0 Å². The summed E-state index contributed by atoms with van der Waals surface area (Å²) in [4.78, 5) is 22.8. The Morgan fingerprint density at radius 2 is 2.00 bits per heavy atom. The van der Waals surface area contributed by atoms with Crippen LogP contribution in [-0.2, 0) is 26.4 Å². The molecule has 0 radical (unpaired) electrons. The van der Waals surface area contributed by atoms with Crippen molar-refractivity contribution < 1.29 is 27.8 Å². The summed E-state index contributed by atoms with van der Waals surface area (Å²) in [5, 5.41) is 10.8. The van der Waals surface area contributed by atoms with Crippen LogP contribution in [0.2, 0.25) is 5.02 Å². The zero-order chi connectivity index (χ0) is 33.9. The number of aryl methyl sites for hydroxylation is 1. The van der Waals surface area contributed by atoms with Crippen molar-refractivity contribution in [3.05, 3.63) is 88.7 Å². The summed E-state index contributed by atoms with van der Waals surface area (Å²) >= 11 is 6.41. The van der Waals surface area contributed by atoms with Gasteiger partial charge in [-0.25, -0.2) is 23.2 Å². The summed E-state index contributed by atoms with van der Waals surface area (Å²) < 4.78 is 37.7. The first-order valence-electron chi connectivity index (χ1n) is 16.9. The van der Waals surface area contributed by atoms with E-state index in [4.69, 9.17) is 21.1 Å². The molecule has 1 N–H and O–H groups in total. The minimum atomic E-state index is -3.68. The Morgan fingerprint density at radius 1 is 1.19 bits per heavy atom. The standard InChI is InChI=1S/C37H44ClN3O6S/c1-3-31(48(44,45)36-39-18-5-19-40-36)14-13-30(42)12-9-25-7-8-28(25)22-41-23-37(17-4-6-26-20-29(38)11-15-32(26)37)24-47-34-16-10-27(21-33(34)41)35(43)46-2/h5,9-12,15-16,18-21,25,28,30-31,42H,3-4,6-8,13-14,17,22-24H2,1-2H3/b12-9+/t25-,28-,30-,31+,37?/m0/s1. The third-order valence-electron chi connectivity index (χ3n) is 10.4. The number of sulfone groups is 1. The topological polar surface area (TPSA) is 119 Å². The van der Waals surface area contributed by atoms with E-state index in [1.54, 1.807) is 12.1 Å². The molecular formula is C37H44ClN3O6S. The number of methoxy groups -OCH3 is 1. The number of nitrogens with zero attached hydrogens (tertiary/aromatic N) is 3. The smallest absolute Gasteiger partial charge is 0.337 e. The molecular weight excluding hydrogens is 650 g/mol. The lowest BCUT2D eigenvalue weighted by atomic mass is 9.69. The molecule has 1 saturated carbocycles. The molecule has 2 aliphatic carbocycles. The van der Waals surface area contributed by atoms with Crippen LogP contribution >= 0.6 is 11.6 Å². The Kier molecular flexibility index (Phi) is 10.4. The second-order valence-corrected chi connectivity index (χ2v) is 16.0. The van der Waals surface area contributed by atoms with Crippen LogP contribution in [0.4, 0.5) is 5.69 Å². The summed E-state index contributed by atoms with van der Waals surface area (Å²) in [7, 11) is -2.29. The van der Waals surface area contributed by atoms with E-state index in [1.807, 2.05) is 31.2 Å². The summed E-state index contributed by atoms with van der Waals surface area (Å²) in [6.07, 6.45) is 12.2. The first kappa shape index (κ1) is 34.4. The van der Waals surface area contributed by atoms with Crippen molar-refractivity contribution in [2.75, 3.05) is 31.7 Å². The Bertz CT molecular complexity index is 1750. The van der Waals surface area contributed by atoms with Gasteiger partial charge in [0.2, 0.25) is 15.0 Å². The number of aromatic nitrogens is 2. The fourth-order valence-electron chi connectivity index (χ4n) is 7.60. The lowest BCUT2D eigenvalue weighted by molar-refractivity contribution is 0.0600. The Balaban J connectivity index is 1.18. The van der Waals surface area contributed by atoms with Gasteiger partial charge in [-0.2, -0.15) is 0 Å². The molecule has 1 aromatic heterocycles. The van der Waals surface area contributed by atoms with Crippen molar-refractivity contribution in [1.29, 1.82) is 0 Å². The fourth-order valence-corrected chi connectivity index (χ4v) is 9.39. The van der Waals surface area contributed by atoms with E-state index in [0.717, 1.165) is 61.7 Å². The minimum Gasteiger partial charge on any atom is -0.490 e. The fraction of sp³-hybridized carbons (Fsp3) is 0.486. The highest BCUT2D eigenvalue weighted by molar-refractivity contribution is 7.91. The number of halogens is 1. The number of aliphatic hydroxyl groups is 1. The van der Waals surface area contributed by atoms with Gasteiger partial charge in [0.25, 0.3) is 0 Å². The number of ether oxygens (including phenoxy) is 2. The van der Waals surface area contributed by atoms with Crippen LogP contribution in [0, 0.1) is 11.8 Å².